The van der Waals surface area contributed by atoms with Gasteiger partial charge in [0.1, 0.15) is 12.4 Å². The Morgan fingerprint density at radius 3 is 2.88 bits per heavy atom. The molecule has 3 aromatic heterocycles. The average molecular weight is 324 g/mol. The van der Waals surface area contributed by atoms with Crippen molar-refractivity contribution in [2.75, 3.05) is 7.11 Å². The number of aldehydes is 1. The monoisotopic (exact) mass is 324 g/mol. The van der Waals surface area contributed by atoms with E-state index in [0.717, 1.165) is 16.8 Å². The van der Waals surface area contributed by atoms with Gasteiger partial charge in [0.2, 0.25) is 5.88 Å². The molecule has 0 fully saturated rings. The van der Waals surface area contributed by atoms with Gasteiger partial charge in [-0.2, -0.15) is 5.10 Å². The molecule has 24 heavy (non-hydrogen) atoms. The fourth-order valence-corrected chi connectivity index (χ4v) is 2.28. The standard InChI is InChI=1S/C17H16N4O3/c1-21-9-14(7-20-21)17-12(4-3-5-18-17)11-24-15-8-19-16(23-2)6-13(15)10-22/h3-10H,11H2,1-2H3. The van der Waals surface area contributed by atoms with Crippen LogP contribution in [0.5, 0.6) is 11.6 Å². The van der Waals surface area contributed by atoms with Crippen LogP contribution in [0.2, 0.25) is 0 Å². The van der Waals surface area contributed by atoms with Crippen molar-refractivity contribution >= 4 is 6.29 Å². The zero-order valence-electron chi connectivity index (χ0n) is 13.3. The summed E-state index contributed by atoms with van der Waals surface area (Å²) in [7, 11) is 3.34. The molecule has 0 spiro atoms. The Kier molecular flexibility index (Phi) is 4.51. The van der Waals surface area contributed by atoms with E-state index in [9.17, 15) is 4.79 Å². The Morgan fingerprint density at radius 1 is 1.29 bits per heavy atom. The zero-order chi connectivity index (χ0) is 16.9. The Labute approximate surface area is 138 Å². The number of nitrogens with zero attached hydrogens (tertiary/aromatic N) is 4. The third kappa shape index (κ3) is 3.24. The quantitative estimate of drug-likeness (QED) is 0.647. The number of rotatable bonds is 6. The van der Waals surface area contributed by atoms with Gasteiger partial charge in [0.05, 0.1) is 30.8 Å². The second-order valence-corrected chi connectivity index (χ2v) is 5.08. The first-order valence-electron chi connectivity index (χ1n) is 7.26. The van der Waals surface area contributed by atoms with Gasteiger partial charge in [0.15, 0.2) is 6.29 Å². The highest BCUT2D eigenvalue weighted by Gasteiger charge is 2.11. The number of carbonyl (C=O) groups is 1. The number of pyridine rings is 2. The summed E-state index contributed by atoms with van der Waals surface area (Å²) >= 11 is 0. The molecule has 3 aromatic rings. The Morgan fingerprint density at radius 2 is 2.17 bits per heavy atom. The van der Waals surface area contributed by atoms with Crippen molar-refractivity contribution in [3.8, 4) is 22.9 Å². The van der Waals surface area contributed by atoms with E-state index in [2.05, 4.69) is 15.1 Å². The summed E-state index contributed by atoms with van der Waals surface area (Å²) in [5.74, 6) is 0.758. The predicted molar refractivity (Wildman–Crippen MR) is 86.9 cm³/mol. The van der Waals surface area contributed by atoms with Gasteiger partial charge in [-0.3, -0.25) is 14.5 Å². The first-order chi connectivity index (χ1) is 11.7. The Bertz CT molecular complexity index is 861. The maximum atomic E-state index is 11.2. The molecule has 0 unspecified atom stereocenters. The van der Waals surface area contributed by atoms with Crippen molar-refractivity contribution in [2.24, 2.45) is 7.05 Å². The van der Waals surface area contributed by atoms with E-state index in [1.807, 2.05) is 25.4 Å². The minimum Gasteiger partial charge on any atom is -0.486 e. The lowest BCUT2D eigenvalue weighted by atomic mass is 10.1. The van der Waals surface area contributed by atoms with Crippen LogP contribution in [0.4, 0.5) is 0 Å². The number of hydrogen-bond acceptors (Lipinski definition) is 6. The molecule has 3 heterocycles. The molecule has 0 aromatic carbocycles. The minimum atomic E-state index is 0.257. The van der Waals surface area contributed by atoms with E-state index < -0.39 is 0 Å². The van der Waals surface area contributed by atoms with E-state index >= 15 is 0 Å². The number of methoxy groups -OCH3 is 1. The molecule has 0 N–H and O–H groups in total. The van der Waals surface area contributed by atoms with Crippen LogP contribution in [0.1, 0.15) is 15.9 Å². The lowest BCUT2D eigenvalue weighted by molar-refractivity contribution is 0.111. The lowest BCUT2D eigenvalue weighted by Crippen LogP contribution is -2.02. The summed E-state index contributed by atoms with van der Waals surface area (Å²) in [5, 5.41) is 4.16. The lowest BCUT2D eigenvalue weighted by Gasteiger charge is -2.11. The summed E-state index contributed by atoms with van der Waals surface area (Å²) in [6.45, 7) is 0.257. The second kappa shape index (κ2) is 6.91. The maximum Gasteiger partial charge on any atom is 0.213 e. The largest absolute Gasteiger partial charge is 0.486 e. The average Bonchev–Trinajstić information content (AvgIpc) is 3.06. The smallest absolute Gasteiger partial charge is 0.213 e. The van der Waals surface area contributed by atoms with Crippen molar-refractivity contribution in [3.05, 3.63) is 54.1 Å². The van der Waals surface area contributed by atoms with Crippen LogP contribution in [-0.2, 0) is 13.7 Å². The van der Waals surface area contributed by atoms with Crippen molar-refractivity contribution in [2.45, 2.75) is 6.61 Å². The molecule has 0 aliphatic rings. The molecule has 7 heteroatoms. The minimum absolute atomic E-state index is 0.257. The molecule has 3 rings (SSSR count). The Balaban J connectivity index is 1.84. The maximum absolute atomic E-state index is 11.2. The second-order valence-electron chi connectivity index (χ2n) is 5.08. The number of ether oxygens (including phenoxy) is 2. The van der Waals surface area contributed by atoms with Gasteiger partial charge in [-0.1, -0.05) is 6.07 Å². The topological polar surface area (TPSA) is 79.1 Å². The van der Waals surface area contributed by atoms with Gasteiger partial charge in [0.25, 0.3) is 0 Å². The van der Waals surface area contributed by atoms with Crippen LogP contribution in [0, 0.1) is 0 Å². The van der Waals surface area contributed by atoms with E-state index in [-0.39, 0.29) is 6.61 Å². The summed E-state index contributed by atoms with van der Waals surface area (Å²) < 4.78 is 12.5. The molecule has 0 saturated heterocycles. The van der Waals surface area contributed by atoms with Gasteiger partial charge < -0.3 is 9.47 Å². The van der Waals surface area contributed by atoms with E-state index in [4.69, 9.17) is 9.47 Å². The van der Waals surface area contributed by atoms with E-state index in [1.165, 1.54) is 19.4 Å². The SMILES string of the molecule is COc1cc(C=O)c(OCc2cccnc2-c2cnn(C)c2)cn1. The molecule has 122 valence electrons. The Hall–Kier alpha value is -3.22. The van der Waals surface area contributed by atoms with Crippen LogP contribution >= 0.6 is 0 Å². The number of hydrogen-bond donors (Lipinski definition) is 0. The molecule has 0 saturated carbocycles. The molecule has 0 aliphatic carbocycles. The molecule has 7 nitrogen and oxygen atoms in total. The molecule has 0 radical (unpaired) electrons. The highest BCUT2D eigenvalue weighted by Crippen LogP contribution is 2.24. The van der Waals surface area contributed by atoms with Crippen molar-refractivity contribution in [1.82, 2.24) is 19.7 Å². The molecule has 0 bridgehead atoms. The highest BCUT2D eigenvalue weighted by atomic mass is 16.5. The fourth-order valence-electron chi connectivity index (χ4n) is 2.28. The fraction of sp³-hybridized carbons (Fsp3) is 0.176. The van der Waals surface area contributed by atoms with Crippen molar-refractivity contribution in [3.63, 3.8) is 0 Å². The predicted octanol–water partition coefficient (Wildman–Crippen LogP) is 2.28. The molecule has 0 aliphatic heterocycles. The summed E-state index contributed by atoms with van der Waals surface area (Å²) in [6, 6.07) is 5.30. The van der Waals surface area contributed by atoms with Crippen LogP contribution in [0.3, 0.4) is 0 Å². The van der Waals surface area contributed by atoms with Crippen molar-refractivity contribution in [1.29, 1.82) is 0 Å². The van der Waals surface area contributed by atoms with Gasteiger partial charge in [-0.05, 0) is 6.07 Å². The summed E-state index contributed by atoms with van der Waals surface area (Å²) in [5.41, 5.74) is 2.96. The number of aromatic nitrogens is 4. The summed E-state index contributed by atoms with van der Waals surface area (Å²) in [6.07, 6.45) is 7.54. The first-order valence-corrected chi connectivity index (χ1v) is 7.26. The highest BCUT2D eigenvalue weighted by molar-refractivity contribution is 5.79. The molecule has 0 amide bonds. The van der Waals surface area contributed by atoms with Gasteiger partial charge in [-0.15, -0.1) is 0 Å². The van der Waals surface area contributed by atoms with Gasteiger partial charge in [-0.25, -0.2) is 4.98 Å². The van der Waals surface area contributed by atoms with Crippen LogP contribution in [-0.4, -0.2) is 33.1 Å². The van der Waals surface area contributed by atoms with Gasteiger partial charge >= 0.3 is 0 Å². The normalized spacial score (nSPS) is 10.4. The van der Waals surface area contributed by atoms with Crippen LogP contribution in [0.25, 0.3) is 11.3 Å². The molecule has 0 atom stereocenters. The van der Waals surface area contributed by atoms with E-state index in [1.54, 1.807) is 17.1 Å². The third-order valence-electron chi connectivity index (χ3n) is 3.46. The van der Waals surface area contributed by atoms with E-state index in [0.29, 0.717) is 23.5 Å². The van der Waals surface area contributed by atoms with Crippen LogP contribution in [0.15, 0.2) is 43.0 Å². The molecular formula is C17H16N4O3. The summed E-state index contributed by atoms with van der Waals surface area (Å²) in [4.78, 5) is 19.7. The van der Waals surface area contributed by atoms with Gasteiger partial charge in [0, 0.05) is 36.6 Å². The van der Waals surface area contributed by atoms with Crippen LogP contribution < -0.4 is 9.47 Å². The molecular weight excluding hydrogens is 308 g/mol. The first kappa shape index (κ1) is 15.7. The zero-order valence-corrected chi connectivity index (χ0v) is 13.3. The number of aryl methyl sites for hydroxylation is 1. The van der Waals surface area contributed by atoms with Crippen molar-refractivity contribution < 1.29 is 14.3 Å². The number of carbonyl (C=O) groups excluding carboxylic acids is 1. The third-order valence-corrected chi connectivity index (χ3v) is 3.46.